The molecule has 2 aromatic rings. The van der Waals surface area contributed by atoms with Crippen LogP contribution >= 0.6 is 11.8 Å². The molecule has 5 heteroatoms. The first-order chi connectivity index (χ1) is 9.92. The summed E-state index contributed by atoms with van der Waals surface area (Å²) in [7, 11) is 0. The Morgan fingerprint density at radius 3 is 2.14 bits per heavy atom. The number of aliphatic imine (C=N–C) groups is 1. The summed E-state index contributed by atoms with van der Waals surface area (Å²) in [6.45, 7) is 1.82. The lowest BCUT2D eigenvalue weighted by Crippen LogP contribution is -2.33. The van der Waals surface area contributed by atoms with Gasteiger partial charge in [0.2, 0.25) is 0 Å². The van der Waals surface area contributed by atoms with E-state index in [1.165, 1.54) is 12.1 Å². The summed E-state index contributed by atoms with van der Waals surface area (Å²) in [5, 5.41) is -2.85. The fraction of sp³-hybridized carbons (Fsp3) is 0.188. The molecule has 0 bridgehead atoms. The monoisotopic (exact) mass is 307 g/mol. The van der Waals surface area contributed by atoms with Gasteiger partial charge < -0.3 is 0 Å². The molecule has 0 fully saturated rings. The molecular formula is C16H12F3NS. The summed E-state index contributed by atoms with van der Waals surface area (Å²) in [5.41, 5.74) is 1.31. The molecule has 0 saturated heterocycles. The molecule has 1 aliphatic rings. The number of nitrogens with zero attached hydrogens (tertiary/aromatic N) is 1. The summed E-state index contributed by atoms with van der Waals surface area (Å²) >= 11 is 0.465. The van der Waals surface area contributed by atoms with Crippen molar-refractivity contribution in [3.8, 4) is 0 Å². The van der Waals surface area contributed by atoms with Gasteiger partial charge in [-0.25, -0.2) is 9.38 Å². The predicted molar refractivity (Wildman–Crippen MR) is 79.5 cm³/mol. The summed E-state index contributed by atoms with van der Waals surface area (Å²) in [6.07, 6.45) is 0. The highest BCUT2D eigenvalue weighted by atomic mass is 32.2. The van der Waals surface area contributed by atoms with Gasteiger partial charge >= 0.3 is 6.05 Å². The Morgan fingerprint density at radius 2 is 1.52 bits per heavy atom. The summed E-state index contributed by atoms with van der Waals surface area (Å²) in [5.74, 6) is 0. The maximum absolute atomic E-state index is 15.0. The van der Waals surface area contributed by atoms with E-state index in [0.29, 0.717) is 17.3 Å². The first-order valence-electron chi connectivity index (χ1n) is 6.40. The van der Waals surface area contributed by atoms with Crippen LogP contribution in [0.4, 0.5) is 13.2 Å². The van der Waals surface area contributed by atoms with E-state index in [-0.39, 0.29) is 10.6 Å². The molecule has 0 aliphatic carbocycles. The second kappa shape index (κ2) is 4.91. The number of rotatable bonds is 2. The number of aryl methyl sites for hydroxylation is 1. The topological polar surface area (TPSA) is 12.4 Å². The molecule has 3 rings (SSSR count). The maximum Gasteiger partial charge on any atom is 0.391 e. The lowest BCUT2D eigenvalue weighted by Gasteiger charge is -2.24. The van der Waals surface area contributed by atoms with Crippen molar-refractivity contribution in [1.82, 2.24) is 0 Å². The van der Waals surface area contributed by atoms with Gasteiger partial charge in [-0.1, -0.05) is 71.9 Å². The molecule has 1 heterocycles. The van der Waals surface area contributed by atoms with Crippen LogP contribution in [-0.4, -0.2) is 11.1 Å². The van der Waals surface area contributed by atoms with Gasteiger partial charge in [-0.2, -0.15) is 8.78 Å². The van der Waals surface area contributed by atoms with E-state index >= 15 is 0 Å². The van der Waals surface area contributed by atoms with Crippen LogP contribution < -0.4 is 0 Å². The van der Waals surface area contributed by atoms with Crippen LogP contribution in [0.15, 0.2) is 59.6 Å². The number of halogens is 3. The standard InChI is InChI=1S/C16H12F3NS/c1-11-7-9-13(10-8-11)15(17)16(18,19)20-14(21-15)12-5-3-2-4-6-12/h2-10H,1H3. The molecule has 0 radical (unpaired) electrons. The van der Waals surface area contributed by atoms with E-state index in [4.69, 9.17) is 0 Å². The molecule has 0 spiro atoms. The first-order valence-corrected chi connectivity index (χ1v) is 7.22. The molecule has 0 amide bonds. The van der Waals surface area contributed by atoms with E-state index in [0.717, 1.165) is 5.56 Å². The van der Waals surface area contributed by atoms with E-state index < -0.39 is 11.0 Å². The number of hydrogen-bond donors (Lipinski definition) is 0. The summed E-state index contributed by atoms with van der Waals surface area (Å²) in [4.78, 5) is 3.31. The minimum atomic E-state index is -3.79. The number of benzene rings is 2. The predicted octanol–water partition coefficient (Wildman–Crippen LogP) is 4.90. The van der Waals surface area contributed by atoms with E-state index in [9.17, 15) is 13.2 Å². The van der Waals surface area contributed by atoms with Crippen molar-refractivity contribution in [3.05, 3.63) is 71.3 Å². The highest BCUT2D eigenvalue weighted by Gasteiger charge is 2.62. The maximum atomic E-state index is 15.0. The van der Waals surface area contributed by atoms with Crippen molar-refractivity contribution in [2.75, 3.05) is 0 Å². The highest BCUT2D eigenvalue weighted by Crippen LogP contribution is 2.56. The number of thioether (sulfide) groups is 1. The Kier molecular flexibility index (Phi) is 3.32. The van der Waals surface area contributed by atoms with Crippen LogP contribution in [0.5, 0.6) is 0 Å². The molecule has 108 valence electrons. The Bertz CT molecular complexity index is 682. The minimum absolute atomic E-state index is 0.0173. The Hall–Kier alpha value is -1.75. The zero-order valence-corrected chi connectivity index (χ0v) is 12.0. The lowest BCUT2D eigenvalue weighted by atomic mass is 10.1. The van der Waals surface area contributed by atoms with Crippen LogP contribution in [0.3, 0.4) is 0 Å². The van der Waals surface area contributed by atoms with Crippen LogP contribution in [0, 0.1) is 6.92 Å². The van der Waals surface area contributed by atoms with Crippen LogP contribution in [0.1, 0.15) is 16.7 Å². The number of hydrogen-bond acceptors (Lipinski definition) is 2. The fourth-order valence-corrected chi connectivity index (χ4v) is 3.22. The Labute approximate surface area is 124 Å². The number of alkyl halides is 3. The normalized spacial score (nSPS) is 23.9. The summed E-state index contributed by atoms with van der Waals surface area (Å²) in [6, 6.07) is 10.7. The summed E-state index contributed by atoms with van der Waals surface area (Å²) < 4.78 is 43.3. The molecule has 21 heavy (non-hydrogen) atoms. The molecule has 2 aromatic carbocycles. The fourth-order valence-electron chi connectivity index (χ4n) is 2.12. The van der Waals surface area contributed by atoms with Crippen LogP contribution in [0.25, 0.3) is 0 Å². The van der Waals surface area contributed by atoms with Gasteiger partial charge in [0.05, 0.1) is 0 Å². The third-order valence-electron chi connectivity index (χ3n) is 3.31. The molecule has 0 N–H and O–H groups in total. The van der Waals surface area contributed by atoms with Gasteiger partial charge in [0.1, 0.15) is 5.04 Å². The van der Waals surface area contributed by atoms with Crippen molar-refractivity contribution in [2.24, 2.45) is 4.99 Å². The molecule has 1 unspecified atom stereocenters. The van der Waals surface area contributed by atoms with E-state index in [1.807, 2.05) is 6.92 Å². The Balaban J connectivity index is 2.01. The second-order valence-corrected chi connectivity index (χ2v) is 6.04. The van der Waals surface area contributed by atoms with Gasteiger partial charge in [-0.15, -0.1) is 0 Å². The largest absolute Gasteiger partial charge is 0.391 e. The van der Waals surface area contributed by atoms with Gasteiger partial charge in [-0.3, -0.25) is 0 Å². The molecule has 1 aliphatic heterocycles. The van der Waals surface area contributed by atoms with E-state index in [2.05, 4.69) is 4.99 Å². The Morgan fingerprint density at radius 1 is 0.905 bits per heavy atom. The molecule has 0 saturated carbocycles. The van der Waals surface area contributed by atoms with Gasteiger partial charge in [-0.05, 0) is 6.92 Å². The molecular weight excluding hydrogens is 295 g/mol. The zero-order chi connectivity index (χ0) is 15.1. The average molecular weight is 307 g/mol. The van der Waals surface area contributed by atoms with E-state index in [1.54, 1.807) is 42.5 Å². The minimum Gasteiger partial charge on any atom is -0.217 e. The SMILES string of the molecule is Cc1ccc(C2(F)SC(c3ccccc3)=NC2(F)F)cc1. The second-order valence-electron chi connectivity index (χ2n) is 4.89. The quantitative estimate of drug-likeness (QED) is 0.719. The zero-order valence-electron chi connectivity index (χ0n) is 11.2. The third-order valence-corrected chi connectivity index (χ3v) is 4.59. The van der Waals surface area contributed by atoms with Crippen molar-refractivity contribution >= 4 is 16.8 Å². The third kappa shape index (κ3) is 2.35. The molecule has 1 atom stereocenters. The van der Waals surface area contributed by atoms with Crippen molar-refractivity contribution < 1.29 is 13.2 Å². The van der Waals surface area contributed by atoms with Crippen LogP contribution in [0.2, 0.25) is 0 Å². The molecule has 0 aromatic heterocycles. The first kappa shape index (κ1) is 14.2. The van der Waals surface area contributed by atoms with Crippen molar-refractivity contribution in [3.63, 3.8) is 0 Å². The van der Waals surface area contributed by atoms with Crippen LogP contribution in [-0.2, 0) is 5.00 Å². The highest BCUT2D eigenvalue weighted by molar-refractivity contribution is 8.15. The van der Waals surface area contributed by atoms with Crippen molar-refractivity contribution in [1.29, 1.82) is 0 Å². The lowest BCUT2D eigenvalue weighted by molar-refractivity contribution is -0.0815. The van der Waals surface area contributed by atoms with Gasteiger partial charge in [0, 0.05) is 11.1 Å². The average Bonchev–Trinajstić information content (AvgIpc) is 2.72. The molecule has 1 nitrogen and oxygen atoms in total. The van der Waals surface area contributed by atoms with Crippen molar-refractivity contribution in [2.45, 2.75) is 18.0 Å². The van der Waals surface area contributed by atoms with Gasteiger partial charge in [0.15, 0.2) is 0 Å². The van der Waals surface area contributed by atoms with Gasteiger partial charge in [0.25, 0.3) is 5.00 Å². The smallest absolute Gasteiger partial charge is 0.217 e.